The first-order chi connectivity index (χ1) is 8.39. The summed E-state index contributed by atoms with van der Waals surface area (Å²) in [6.45, 7) is 1.29. The third-order valence-electron chi connectivity index (χ3n) is 2.77. The van der Waals surface area contributed by atoms with E-state index in [1.807, 2.05) is 6.08 Å². The van der Waals surface area contributed by atoms with Crippen molar-refractivity contribution in [2.24, 2.45) is 0 Å². The van der Waals surface area contributed by atoms with Crippen molar-refractivity contribution in [2.75, 3.05) is 6.54 Å². The van der Waals surface area contributed by atoms with Gasteiger partial charge in [-0.3, -0.25) is 4.79 Å². The molecule has 1 aliphatic rings. The summed E-state index contributed by atoms with van der Waals surface area (Å²) in [6, 6.07) is -0.264. The zero-order valence-corrected chi connectivity index (χ0v) is 10.5. The fourth-order valence-electron chi connectivity index (χ4n) is 1.82. The molecular weight excluding hydrogens is 236 g/mol. The number of allylic oxidation sites excluding steroid dienone is 1. The average Bonchev–Trinajstić information content (AvgIpc) is 2.26. The summed E-state index contributed by atoms with van der Waals surface area (Å²) in [5.74, 6) is -1.10. The molecule has 2 amide bonds. The van der Waals surface area contributed by atoms with E-state index in [-0.39, 0.29) is 18.6 Å². The molecule has 0 aliphatic heterocycles. The van der Waals surface area contributed by atoms with Crippen molar-refractivity contribution in [2.45, 2.75) is 44.2 Å². The third-order valence-corrected chi connectivity index (χ3v) is 2.77. The SMILES string of the molecule is CC(O)(CNC(=O)NC1CC=CCC1)CC(=O)O. The highest BCUT2D eigenvalue weighted by Crippen LogP contribution is 2.10. The van der Waals surface area contributed by atoms with E-state index in [0.717, 1.165) is 19.3 Å². The van der Waals surface area contributed by atoms with Crippen LogP contribution in [0.2, 0.25) is 0 Å². The molecule has 2 atom stereocenters. The van der Waals surface area contributed by atoms with E-state index < -0.39 is 18.0 Å². The quantitative estimate of drug-likeness (QED) is 0.542. The standard InChI is InChI=1S/C12H20N2O4/c1-12(18,7-10(15)16)8-13-11(17)14-9-5-3-2-4-6-9/h2-3,9,18H,4-8H2,1H3,(H,15,16)(H2,13,14,17). The van der Waals surface area contributed by atoms with Crippen LogP contribution in [0, 0.1) is 0 Å². The van der Waals surface area contributed by atoms with Crippen molar-refractivity contribution in [1.29, 1.82) is 0 Å². The number of carboxylic acids is 1. The van der Waals surface area contributed by atoms with Gasteiger partial charge < -0.3 is 20.8 Å². The van der Waals surface area contributed by atoms with E-state index in [2.05, 4.69) is 16.7 Å². The maximum absolute atomic E-state index is 11.5. The van der Waals surface area contributed by atoms with Gasteiger partial charge in [0.25, 0.3) is 0 Å². The van der Waals surface area contributed by atoms with Gasteiger partial charge in [-0.2, -0.15) is 0 Å². The van der Waals surface area contributed by atoms with Gasteiger partial charge >= 0.3 is 12.0 Å². The highest BCUT2D eigenvalue weighted by molar-refractivity contribution is 5.74. The van der Waals surface area contributed by atoms with E-state index in [0.29, 0.717) is 0 Å². The zero-order valence-electron chi connectivity index (χ0n) is 10.5. The lowest BCUT2D eigenvalue weighted by Crippen LogP contribution is -2.48. The van der Waals surface area contributed by atoms with Gasteiger partial charge in [0.15, 0.2) is 0 Å². The number of carbonyl (C=O) groups is 2. The summed E-state index contributed by atoms with van der Waals surface area (Å²) in [7, 11) is 0. The molecule has 6 nitrogen and oxygen atoms in total. The summed E-state index contributed by atoms with van der Waals surface area (Å²) >= 11 is 0. The highest BCUT2D eigenvalue weighted by Gasteiger charge is 2.25. The number of aliphatic hydroxyl groups is 1. The topological polar surface area (TPSA) is 98.7 Å². The fraction of sp³-hybridized carbons (Fsp3) is 0.667. The number of aliphatic carboxylic acids is 1. The minimum absolute atomic E-state index is 0.0896. The van der Waals surface area contributed by atoms with Crippen LogP contribution in [0.5, 0.6) is 0 Å². The van der Waals surface area contributed by atoms with Gasteiger partial charge in [-0.05, 0) is 26.2 Å². The van der Waals surface area contributed by atoms with Crippen LogP contribution in [0.25, 0.3) is 0 Å². The van der Waals surface area contributed by atoms with E-state index >= 15 is 0 Å². The molecule has 6 heteroatoms. The predicted octanol–water partition coefficient (Wildman–Crippen LogP) is 0.620. The Morgan fingerprint density at radius 1 is 1.44 bits per heavy atom. The number of hydrogen-bond acceptors (Lipinski definition) is 3. The van der Waals surface area contributed by atoms with Crippen molar-refractivity contribution in [3.63, 3.8) is 0 Å². The minimum atomic E-state index is -1.43. The monoisotopic (exact) mass is 256 g/mol. The van der Waals surface area contributed by atoms with Gasteiger partial charge in [-0.15, -0.1) is 0 Å². The third kappa shape index (κ3) is 5.67. The Labute approximate surface area is 106 Å². The summed E-state index contributed by atoms with van der Waals surface area (Å²) in [6.07, 6.45) is 6.35. The first kappa shape index (κ1) is 14.5. The zero-order chi connectivity index (χ0) is 13.6. The number of nitrogens with one attached hydrogen (secondary N) is 2. The van der Waals surface area contributed by atoms with Crippen molar-refractivity contribution in [3.8, 4) is 0 Å². The van der Waals surface area contributed by atoms with Crippen molar-refractivity contribution in [1.82, 2.24) is 10.6 Å². The molecule has 0 fully saturated rings. The largest absolute Gasteiger partial charge is 0.481 e. The Kier molecular flexibility index (Phi) is 5.15. The smallest absolute Gasteiger partial charge is 0.315 e. The van der Waals surface area contributed by atoms with Crippen LogP contribution in [0.1, 0.15) is 32.6 Å². The molecule has 0 spiro atoms. The van der Waals surface area contributed by atoms with Gasteiger partial charge in [-0.1, -0.05) is 12.2 Å². The second-order valence-electron chi connectivity index (χ2n) is 4.88. The fourth-order valence-corrected chi connectivity index (χ4v) is 1.82. The number of rotatable bonds is 5. The average molecular weight is 256 g/mol. The van der Waals surface area contributed by atoms with E-state index in [4.69, 9.17) is 5.11 Å². The molecule has 2 unspecified atom stereocenters. The lowest BCUT2D eigenvalue weighted by Gasteiger charge is -2.24. The molecule has 0 radical (unpaired) electrons. The number of carboxylic acid groups (broad SMARTS) is 1. The van der Waals surface area contributed by atoms with Gasteiger partial charge in [0.05, 0.1) is 12.0 Å². The Morgan fingerprint density at radius 3 is 2.72 bits per heavy atom. The lowest BCUT2D eigenvalue weighted by molar-refractivity contribution is -0.141. The van der Waals surface area contributed by atoms with Crippen molar-refractivity contribution in [3.05, 3.63) is 12.2 Å². The number of hydrogen-bond donors (Lipinski definition) is 4. The first-order valence-corrected chi connectivity index (χ1v) is 6.02. The van der Waals surface area contributed by atoms with Crippen molar-refractivity contribution < 1.29 is 19.8 Å². The molecule has 0 saturated carbocycles. The van der Waals surface area contributed by atoms with Gasteiger partial charge in [0, 0.05) is 12.6 Å². The molecule has 1 aliphatic carbocycles. The highest BCUT2D eigenvalue weighted by atomic mass is 16.4. The molecule has 102 valence electrons. The maximum Gasteiger partial charge on any atom is 0.315 e. The van der Waals surface area contributed by atoms with Crippen LogP contribution >= 0.6 is 0 Å². The second kappa shape index (κ2) is 6.39. The molecule has 1 rings (SSSR count). The van der Waals surface area contributed by atoms with E-state index in [1.165, 1.54) is 6.92 Å². The summed E-state index contributed by atoms with van der Waals surface area (Å²) in [5, 5.41) is 23.6. The predicted molar refractivity (Wildman–Crippen MR) is 66.2 cm³/mol. The molecular formula is C12H20N2O4. The number of carbonyl (C=O) groups excluding carboxylic acids is 1. The van der Waals surface area contributed by atoms with Crippen LogP contribution in [0.3, 0.4) is 0 Å². The first-order valence-electron chi connectivity index (χ1n) is 6.02. The van der Waals surface area contributed by atoms with Crippen LogP contribution in [0.4, 0.5) is 4.79 Å². The van der Waals surface area contributed by atoms with Crippen LogP contribution in [0.15, 0.2) is 12.2 Å². The van der Waals surface area contributed by atoms with E-state index in [1.54, 1.807) is 0 Å². The van der Waals surface area contributed by atoms with E-state index in [9.17, 15) is 14.7 Å². The summed E-state index contributed by atoms with van der Waals surface area (Å²) in [5.41, 5.74) is -1.43. The lowest BCUT2D eigenvalue weighted by atomic mass is 10.0. The molecule has 4 N–H and O–H groups in total. The molecule has 0 bridgehead atoms. The Bertz CT molecular complexity index is 339. The molecule has 18 heavy (non-hydrogen) atoms. The number of amides is 2. The van der Waals surface area contributed by atoms with Gasteiger partial charge in [0.1, 0.15) is 0 Å². The summed E-state index contributed by atoms with van der Waals surface area (Å²) < 4.78 is 0. The van der Waals surface area contributed by atoms with Gasteiger partial charge in [-0.25, -0.2) is 4.79 Å². The van der Waals surface area contributed by atoms with Crippen LogP contribution in [-0.4, -0.2) is 40.4 Å². The van der Waals surface area contributed by atoms with Crippen LogP contribution < -0.4 is 10.6 Å². The summed E-state index contributed by atoms with van der Waals surface area (Å²) in [4.78, 5) is 22.0. The Hall–Kier alpha value is -1.56. The van der Waals surface area contributed by atoms with Crippen LogP contribution in [-0.2, 0) is 4.79 Å². The Morgan fingerprint density at radius 2 is 2.17 bits per heavy atom. The maximum atomic E-state index is 11.5. The second-order valence-corrected chi connectivity index (χ2v) is 4.88. The number of urea groups is 1. The van der Waals surface area contributed by atoms with Gasteiger partial charge in [0.2, 0.25) is 0 Å². The minimum Gasteiger partial charge on any atom is -0.481 e. The Balaban J connectivity index is 2.27. The molecule has 0 aromatic carbocycles. The molecule has 0 aromatic heterocycles. The molecule has 0 heterocycles. The molecule has 0 aromatic rings. The van der Waals surface area contributed by atoms with Crippen molar-refractivity contribution >= 4 is 12.0 Å². The molecule has 0 saturated heterocycles. The normalized spacial score (nSPS) is 22.0.